The maximum absolute atomic E-state index is 6.03. The van der Waals surface area contributed by atoms with Crippen LogP contribution in [0.5, 0.6) is 0 Å². The van der Waals surface area contributed by atoms with Gasteiger partial charge < -0.3 is 4.57 Å². The summed E-state index contributed by atoms with van der Waals surface area (Å²) in [6, 6.07) is 16.6. The van der Waals surface area contributed by atoms with Gasteiger partial charge in [-0.25, -0.2) is 4.98 Å². The molecular formula is C21H23ClN2. The summed E-state index contributed by atoms with van der Waals surface area (Å²) in [5, 5.41) is 0.789. The molecule has 0 aliphatic heterocycles. The van der Waals surface area contributed by atoms with Crippen molar-refractivity contribution in [3.8, 4) is 0 Å². The number of nitrogens with zero attached hydrogens (tertiary/aromatic N) is 2. The number of imidazole rings is 1. The van der Waals surface area contributed by atoms with Gasteiger partial charge in [0.05, 0.1) is 11.0 Å². The highest BCUT2D eigenvalue weighted by atomic mass is 35.5. The van der Waals surface area contributed by atoms with E-state index >= 15 is 0 Å². The van der Waals surface area contributed by atoms with Crippen LogP contribution in [0.3, 0.4) is 0 Å². The molecule has 1 heterocycles. The number of hydrogen-bond acceptors (Lipinski definition) is 1. The van der Waals surface area contributed by atoms with E-state index in [0.29, 0.717) is 0 Å². The Morgan fingerprint density at radius 2 is 1.71 bits per heavy atom. The third kappa shape index (κ3) is 3.34. The smallest absolute Gasteiger partial charge is 0.110 e. The summed E-state index contributed by atoms with van der Waals surface area (Å²) >= 11 is 6.03. The fraction of sp³-hybridized carbons (Fsp3) is 0.381. The lowest BCUT2D eigenvalue weighted by atomic mass is 9.87. The number of fused-ring (bicyclic) bond motifs is 1. The Bertz CT molecular complexity index is 813. The number of hydrogen-bond donors (Lipinski definition) is 0. The summed E-state index contributed by atoms with van der Waals surface area (Å²) < 4.78 is 2.40. The molecule has 1 aliphatic rings. The maximum Gasteiger partial charge on any atom is 0.110 e. The molecule has 0 bridgehead atoms. The molecule has 4 rings (SSSR count). The second-order valence-electron chi connectivity index (χ2n) is 6.94. The van der Waals surface area contributed by atoms with Gasteiger partial charge in [0.25, 0.3) is 0 Å². The minimum absolute atomic E-state index is 0.789. The highest BCUT2D eigenvalue weighted by Crippen LogP contribution is 2.28. The highest BCUT2D eigenvalue weighted by molar-refractivity contribution is 6.30. The van der Waals surface area contributed by atoms with E-state index < -0.39 is 0 Å². The zero-order valence-electron chi connectivity index (χ0n) is 13.9. The van der Waals surface area contributed by atoms with Gasteiger partial charge >= 0.3 is 0 Å². The van der Waals surface area contributed by atoms with Crippen molar-refractivity contribution in [1.29, 1.82) is 0 Å². The topological polar surface area (TPSA) is 17.8 Å². The molecule has 1 fully saturated rings. The molecule has 0 radical (unpaired) electrons. The van der Waals surface area contributed by atoms with Crippen LogP contribution in [0.2, 0.25) is 5.02 Å². The largest absolute Gasteiger partial charge is 0.323 e. The molecule has 0 amide bonds. The molecule has 24 heavy (non-hydrogen) atoms. The molecule has 0 atom stereocenters. The number of rotatable bonds is 4. The van der Waals surface area contributed by atoms with Crippen LogP contribution in [-0.4, -0.2) is 9.55 Å². The molecule has 1 aromatic heterocycles. The highest BCUT2D eigenvalue weighted by Gasteiger charge is 2.18. The van der Waals surface area contributed by atoms with Gasteiger partial charge in [-0.3, -0.25) is 0 Å². The predicted octanol–water partition coefficient (Wildman–Crippen LogP) is 5.86. The van der Waals surface area contributed by atoms with Crippen molar-refractivity contribution in [3.05, 3.63) is 64.9 Å². The number of aromatic nitrogens is 2. The summed E-state index contributed by atoms with van der Waals surface area (Å²) in [5.41, 5.74) is 3.61. The lowest BCUT2D eigenvalue weighted by Gasteiger charge is -2.21. The minimum Gasteiger partial charge on any atom is -0.323 e. The molecule has 2 aromatic carbocycles. The van der Waals surface area contributed by atoms with Crippen LogP contribution in [0.4, 0.5) is 0 Å². The van der Waals surface area contributed by atoms with E-state index in [9.17, 15) is 0 Å². The summed E-state index contributed by atoms with van der Waals surface area (Å²) in [5.74, 6) is 2.03. The average molecular weight is 339 g/mol. The second-order valence-corrected chi connectivity index (χ2v) is 7.37. The standard InChI is InChI=1S/C21H23ClN2/c22-18-12-10-17(11-13-18)15-24-20-9-5-4-8-19(20)23-21(24)14-16-6-2-1-3-7-16/h4-5,8-13,16H,1-3,6-7,14-15H2. The van der Waals surface area contributed by atoms with E-state index in [4.69, 9.17) is 16.6 Å². The van der Waals surface area contributed by atoms with Crippen LogP contribution in [-0.2, 0) is 13.0 Å². The van der Waals surface area contributed by atoms with E-state index in [0.717, 1.165) is 29.4 Å². The molecule has 1 aliphatic carbocycles. The lowest BCUT2D eigenvalue weighted by molar-refractivity contribution is 0.349. The third-order valence-electron chi connectivity index (χ3n) is 5.18. The summed E-state index contributed by atoms with van der Waals surface area (Å²) in [7, 11) is 0. The fourth-order valence-corrected chi connectivity index (χ4v) is 4.01. The fourth-order valence-electron chi connectivity index (χ4n) is 3.88. The van der Waals surface area contributed by atoms with E-state index in [1.165, 1.54) is 49.0 Å². The first-order chi connectivity index (χ1) is 11.8. The van der Waals surface area contributed by atoms with Gasteiger partial charge in [-0.1, -0.05) is 68.0 Å². The van der Waals surface area contributed by atoms with E-state index in [1.54, 1.807) is 0 Å². The van der Waals surface area contributed by atoms with Gasteiger partial charge in [0.2, 0.25) is 0 Å². The van der Waals surface area contributed by atoms with Crippen LogP contribution in [0.15, 0.2) is 48.5 Å². The summed E-state index contributed by atoms with van der Waals surface area (Å²) in [4.78, 5) is 4.96. The van der Waals surface area contributed by atoms with E-state index in [-0.39, 0.29) is 0 Å². The van der Waals surface area contributed by atoms with Crippen LogP contribution >= 0.6 is 11.6 Å². The lowest BCUT2D eigenvalue weighted by Crippen LogP contribution is -2.14. The van der Waals surface area contributed by atoms with Crippen LogP contribution < -0.4 is 0 Å². The second kappa shape index (κ2) is 6.98. The molecule has 1 saturated carbocycles. The summed E-state index contributed by atoms with van der Waals surface area (Å²) in [6.07, 6.45) is 7.96. The molecule has 0 unspecified atom stereocenters. The van der Waals surface area contributed by atoms with Crippen molar-refractivity contribution in [3.63, 3.8) is 0 Å². The molecule has 3 aromatic rings. The van der Waals surface area contributed by atoms with Gasteiger partial charge in [0.1, 0.15) is 5.82 Å². The van der Waals surface area contributed by atoms with Crippen LogP contribution in [0.1, 0.15) is 43.5 Å². The molecule has 0 N–H and O–H groups in total. The first kappa shape index (κ1) is 15.7. The average Bonchev–Trinajstić information content (AvgIpc) is 2.95. The Labute approximate surface area is 148 Å². The van der Waals surface area contributed by atoms with Crippen molar-refractivity contribution in [2.45, 2.75) is 45.1 Å². The van der Waals surface area contributed by atoms with Crippen molar-refractivity contribution in [1.82, 2.24) is 9.55 Å². The monoisotopic (exact) mass is 338 g/mol. The first-order valence-corrected chi connectivity index (χ1v) is 9.36. The Balaban J connectivity index is 1.68. The van der Waals surface area contributed by atoms with E-state index in [1.807, 2.05) is 12.1 Å². The van der Waals surface area contributed by atoms with Gasteiger partial charge in [-0.05, 0) is 35.7 Å². The zero-order chi connectivity index (χ0) is 16.4. The molecule has 3 heteroatoms. The molecule has 0 saturated heterocycles. The van der Waals surface area contributed by atoms with Crippen molar-refractivity contribution in [2.24, 2.45) is 5.92 Å². The minimum atomic E-state index is 0.789. The quantitative estimate of drug-likeness (QED) is 0.582. The number of para-hydroxylation sites is 2. The van der Waals surface area contributed by atoms with Gasteiger partial charge in [0.15, 0.2) is 0 Å². The Morgan fingerprint density at radius 1 is 0.958 bits per heavy atom. The first-order valence-electron chi connectivity index (χ1n) is 8.98. The summed E-state index contributed by atoms with van der Waals surface area (Å²) in [6.45, 7) is 0.861. The Kier molecular flexibility index (Phi) is 4.57. The third-order valence-corrected chi connectivity index (χ3v) is 5.44. The van der Waals surface area contributed by atoms with Crippen LogP contribution in [0.25, 0.3) is 11.0 Å². The van der Waals surface area contributed by atoms with Crippen LogP contribution in [0, 0.1) is 5.92 Å². The van der Waals surface area contributed by atoms with Crippen molar-refractivity contribution in [2.75, 3.05) is 0 Å². The Morgan fingerprint density at radius 3 is 2.50 bits per heavy atom. The zero-order valence-corrected chi connectivity index (χ0v) is 14.7. The number of halogens is 1. The molecule has 124 valence electrons. The molecule has 0 spiro atoms. The van der Waals surface area contributed by atoms with Gasteiger partial charge in [-0.15, -0.1) is 0 Å². The Hall–Kier alpha value is -1.80. The van der Waals surface area contributed by atoms with Gasteiger partial charge in [-0.2, -0.15) is 0 Å². The van der Waals surface area contributed by atoms with Crippen molar-refractivity contribution < 1.29 is 0 Å². The maximum atomic E-state index is 6.03. The predicted molar refractivity (Wildman–Crippen MR) is 101 cm³/mol. The van der Waals surface area contributed by atoms with Crippen molar-refractivity contribution >= 4 is 22.6 Å². The number of benzene rings is 2. The molecule has 2 nitrogen and oxygen atoms in total. The van der Waals surface area contributed by atoms with E-state index in [2.05, 4.69) is 41.0 Å². The SMILES string of the molecule is Clc1ccc(Cn2c(CC3CCCCC3)nc3ccccc32)cc1. The van der Waals surface area contributed by atoms with Gasteiger partial charge in [0, 0.05) is 18.0 Å². The normalized spacial score (nSPS) is 15.9. The molecular weight excluding hydrogens is 316 g/mol.